The largest absolute Gasteiger partial charge is 0.353 e. The molecule has 29 heavy (non-hydrogen) atoms. The number of halogens is 3. The molecule has 154 valence electrons. The number of nitrogens with one attached hydrogen (secondary N) is 1. The maximum absolute atomic E-state index is 13.1. The maximum Gasteiger partial charge on any atom is 0.226 e. The van der Waals surface area contributed by atoms with Gasteiger partial charge in [0, 0.05) is 27.0 Å². The van der Waals surface area contributed by atoms with Gasteiger partial charge in [-0.1, -0.05) is 66.3 Å². The molecule has 0 spiro atoms. The molecule has 2 aromatic rings. The van der Waals surface area contributed by atoms with Crippen molar-refractivity contribution >= 4 is 40.7 Å². The Morgan fingerprint density at radius 2 is 1.76 bits per heavy atom. The topological polar surface area (TPSA) is 29.1 Å². The fraction of sp³-hybridized carbons (Fsp3) is 0.458. The van der Waals surface area contributed by atoms with Crippen molar-refractivity contribution in [3.8, 4) is 0 Å². The SMILES string of the molecule is CCCC12CC[C@@H](c3ccc(Cl)cc3Cl)[C@H](c3ccc(Cl)cc3)[C@@H]1[C@@H](C)NC2=O. The molecule has 1 aliphatic carbocycles. The molecule has 2 fully saturated rings. The lowest BCUT2D eigenvalue weighted by molar-refractivity contribution is -0.131. The lowest BCUT2D eigenvalue weighted by Crippen LogP contribution is -2.44. The highest BCUT2D eigenvalue weighted by atomic mass is 35.5. The minimum absolute atomic E-state index is 0.114. The van der Waals surface area contributed by atoms with Gasteiger partial charge in [0.05, 0.1) is 5.41 Å². The molecule has 2 nitrogen and oxygen atoms in total. The first kappa shape index (κ1) is 21.0. The molecule has 2 aromatic carbocycles. The van der Waals surface area contributed by atoms with Crippen LogP contribution in [0, 0.1) is 11.3 Å². The van der Waals surface area contributed by atoms with Crippen LogP contribution in [0.1, 0.15) is 62.5 Å². The first-order valence-corrected chi connectivity index (χ1v) is 11.5. The van der Waals surface area contributed by atoms with Crippen LogP contribution in [0.3, 0.4) is 0 Å². The van der Waals surface area contributed by atoms with Gasteiger partial charge in [-0.3, -0.25) is 4.79 Å². The van der Waals surface area contributed by atoms with E-state index in [-0.39, 0.29) is 35.1 Å². The van der Waals surface area contributed by atoms with Crippen molar-refractivity contribution in [3.05, 3.63) is 68.7 Å². The van der Waals surface area contributed by atoms with Crippen LogP contribution in [0.5, 0.6) is 0 Å². The van der Waals surface area contributed by atoms with Crippen LogP contribution in [0.15, 0.2) is 42.5 Å². The first-order valence-electron chi connectivity index (χ1n) is 10.4. The Balaban J connectivity index is 1.86. The van der Waals surface area contributed by atoms with Crippen molar-refractivity contribution in [1.82, 2.24) is 5.32 Å². The van der Waals surface area contributed by atoms with Crippen LogP contribution >= 0.6 is 34.8 Å². The van der Waals surface area contributed by atoms with Gasteiger partial charge in [0.2, 0.25) is 5.91 Å². The summed E-state index contributed by atoms with van der Waals surface area (Å²) in [7, 11) is 0. The van der Waals surface area contributed by atoms with Gasteiger partial charge in [0.25, 0.3) is 0 Å². The van der Waals surface area contributed by atoms with Crippen molar-refractivity contribution < 1.29 is 4.79 Å². The smallest absolute Gasteiger partial charge is 0.226 e. The zero-order valence-electron chi connectivity index (χ0n) is 16.7. The minimum Gasteiger partial charge on any atom is -0.353 e. The van der Waals surface area contributed by atoms with Gasteiger partial charge in [-0.25, -0.2) is 0 Å². The molecule has 1 saturated heterocycles. The average molecular weight is 451 g/mol. The molecule has 1 aliphatic heterocycles. The fourth-order valence-electron chi connectivity index (χ4n) is 5.98. The van der Waals surface area contributed by atoms with E-state index in [2.05, 4.69) is 37.4 Å². The Labute approximate surface area is 187 Å². The summed E-state index contributed by atoms with van der Waals surface area (Å²) in [6, 6.07) is 14.0. The third-order valence-electron chi connectivity index (χ3n) is 7.02. The Morgan fingerprint density at radius 1 is 1.07 bits per heavy atom. The van der Waals surface area contributed by atoms with Crippen LogP contribution in [-0.2, 0) is 4.79 Å². The molecule has 2 aliphatic rings. The van der Waals surface area contributed by atoms with Crippen LogP contribution < -0.4 is 5.32 Å². The Kier molecular flexibility index (Phi) is 5.90. The number of amides is 1. The number of carbonyl (C=O) groups is 1. The van der Waals surface area contributed by atoms with E-state index in [0.717, 1.165) is 36.3 Å². The van der Waals surface area contributed by atoms with Gasteiger partial charge in [0.1, 0.15) is 0 Å². The van der Waals surface area contributed by atoms with E-state index in [1.165, 1.54) is 5.56 Å². The number of benzene rings is 2. The molecule has 0 bridgehead atoms. The zero-order chi connectivity index (χ0) is 20.8. The van der Waals surface area contributed by atoms with E-state index in [1.54, 1.807) is 0 Å². The molecule has 0 radical (unpaired) electrons. The average Bonchev–Trinajstić information content (AvgIpc) is 2.93. The lowest BCUT2D eigenvalue weighted by Gasteiger charge is -2.48. The number of hydrogen-bond acceptors (Lipinski definition) is 1. The van der Waals surface area contributed by atoms with Crippen molar-refractivity contribution in [3.63, 3.8) is 0 Å². The summed E-state index contributed by atoms with van der Waals surface area (Å²) in [6.07, 6.45) is 3.72. The summed E-state index contributed by atoms with van der Waals surface area (Å²) in [5.74, 6) is 0.837. The van der Waals surface area contributed by atoms with Crippen molar-refractivity contribution in [2.45, 2.75) is 57.4 Å². The second kappa shape index (κ2) is 8.13. The van der Waals surface area contributed by atoms with Gasteiger partial charge in [-0.05, 0) is 73.4 Å². The van der Waals surface area contributed by atoms with Gasteiger partial charge < -0.3 is 5.32 Å². The summed E-state index contributed by atoms with van der Waals surface area (Å²) in [5.41, 5.74) is 2.03. The summed E-state index contributed by atoms with van der Waals surface area (Å²) < 4.78 is 0. The predicted octanol–water partition coefficient (Wildman–Crippen LogP) is 7.23. The Bertz CT molecular complexity index is 913. The van der Waals surface area contributed by atoms with Crippen molar-refractivity contribution in [2.24, 2.45) is 11.3 Å². The molecule has 5 atom stereocenters. The molecule has 5 heteroatoms. The summed E-state index contributed by atoms with van der Waals surface area (Å²) in [6.45, 7) is 4.32. The van der Waals surface area contributed by atoms with E-state index in [1.807, 2.05) is 24.3 Å². The van der Waals surface area contributed by atoms with E-state index >= 15 is 0 Å². The second-order valence-electron chi connectivity index (χ2n) is 8.58. The third-order valence-corrected chi connectivity index (χ3v) is 7.84. The molecular formula is C24H26Cl3NO. The van der Waals surface area contributed by atoms with Gasteiger partial charge >= 0.3 is 0 Å². The molecule has 1 N–H and O–H groups in total. The van der Waals surface area contributed by atoms with Crippen LogP contribution in [0.4, 0.5) is 0 Å². The lowest BCUT2D eigenvalue weighted by atomic mass is 9.54. The molecule has 1 heterocycles. The van der Waals surface area contributed by atoms with E-state index < -0.39 is 0 Å². The minimum atomic E-state index is -0.312. The highest BCUT2D eigenvalue weighted by Gasteiger charge is 2.59. The highest BCUT2D eigenvalue weighted by molar-refractivity contribution is 6.35. The molecular weight excluding hydrogens is 425 g/mol. The number of fused-ring (bicyclic) bond motifs is 1. The third kappa shape index (κ3) is 3.58. The standard InChI is InChI=1S/C24H26Cl3NO/c1-3-11-24-12-10-19(18-9-8-17(26)13-20(18)27)21(15-4-6-16(25)7-5-15)22(24)14(2)28-23(24)29/h4-9,13-14,19,21-22H,3,10-12H2,1-2H3,(H,28,29)/t14-,19+,21+,22+,24?/m1/s1. The zero-order valence-corrected chi connectivity index (χ0v) is 19.0. The molecule has 1 amide bonds. The van der Waals surface area contributed by atoms with Gasteiger partial charge in [0.15, 0.2) is 0 Å². The van der Waals surface area contributed by atoms with Gasteiger partial charge in [-0.15, -0.1) is 0 Å². The Hall–Kier alpha value is -1.22. The molecule has 1 unspecified atom stereocenters. The summed E-state index contributed by atoms with van der Waals surface area (Å²) >= 11 is 19.0. The first-order chi connectivity index (χ1) is 13.9. The monoisotopic (exact) mass is 449 g/mol. The van der Waals surface area contributed by atoms with Crippen LogP contribution in [-0.4, -0.2) is 11.9 Å². The van der Waals surface area contributed by atoms with Crippen LogP contribution in [0.2, 0.25) is 15.1 Å². The van der Waals surface area contributed by atoms with Crippen LogP contribution in [0.25, 0.3) is 0 Å². The summed E-state index contributed by atoms with van der Waals surface area (Å²) in [4.78, 5) is 13.1. The van der Waals surface area contributed by atoms with E-state index in [0.29, 0.717) is 10.0 Å². The van der Waals surface area contributed by atoms with Gasteiger partial charge in [-0.2, -0.15) is 0 Å². The highest BCUT2D eigenvalue weighted by Crippen LogP contribution is 2.60. The quantitative estimate of drug-likeness (QED) is 0.523. The normalized spacial score (nSPS) is 31.4. The molecule has 4 rings (SSSR count). The number of rotatable bonds is 4. The molecule has 0 aromatic heterocycles. The second-order valence-corrected chi connectivity index (χ2v) is 9.86. The van der Waals surface area contributed by atoms with E-state index in [4.69, 9.17) is 34.8 Å². The molecule has 1 saturated carbocycles. The maximum atomic E-state index is 13.1. The number of carbonyl (C=O) groups excluding carboxylic acids is 1. The van der Waals surface area contributed by atoms with Crippen molar-refractivity contribution in [1.29, 1.82) is 0 Å². The predicted molar refractivity (Wildman–Crippen MR) is 121 cm³/mol. The summed E-state index contributed by atoms with van der Waals surface area (Å²) in [5, 5.41) is 5.34. The number of hydrogen-bond donors (Lipinski definition) is 1. The van der Waals surface area contributed by atoms with Crippen molar-refractivity contribution in [2.75, 3.05) is 0 Å². The Morgan fingerprint density at radius 3 is 2.41 bits per heavy atom. The van der Waals surface area contributed by atoms with E-state index in [9.17, 15) is 4.79 Å². The fourth-order valence-corrected chi connectivity index (χ4v) is 6.65.